The summed E-state index contributed by atoms with van der Waals surface area (Å²) in [5.41, 5.74) is 0.784. The zero-order valence-corrected chi connectivity index (χ0v) is 13.1. The Balaban J connectivity index is 2.27. The Labute approximate surface area is 122 Å². The lowest BCUT2D eigenvalue weighted by atomic mass is 10.1. The summed E-state index contributed by atoms with van der Waals surface area (Å²) in [5, 5.41) is 3.68. The predicted octanol–water partition coefficient (Wildman–Crippen LogP) is 6.01. The van der Waals surface area contributed by atoms with Gasteiger partial charge in [-0.25, -0.2) is 4.39 Å². The zero-order valence-electron chi connectivity index (χ0n) is 10.7. The Bertz CT molecular complexity index is 348. The summed E-state index contributed by atoms with van der Waals surface area (Å²) in [6, 6.07) is 2.76. The van der Waals surface area contributed by atoms with Gasteiger partial charge in [-0.1, -0.05) is 50.6 Å². The second kappa shape index (κ2) is 8.76. The van der Waals surface area contributed by atoms with Gasteiger partial charge in [-0.3, -0.25) is 0 Å². The molecule has 18 heavy (non-hydrogen) atoms. The third kappa shape index (κ3) is 5.57. The van der Waals surface area contributed by atoms with Crippen LogP contribution in [-0.4, -0.2) is 6.54 Å². The first-order valence-corrected chi connectivity index (χ1v) is 7.70. The van der Waals surface area contributed by atoms with E-state index < -0.39 is 0 Å². The number of hydrogen-bond acceptors (Lipinski definition) is 1. The van der Waals surface area contributed by atoms with Gasteiger partial charge in [-0.05, 0) is 34.5 Å². The van der Waals surface area contributed by atoms with Crippen molar-refractivity contribution < 1.29 is 4.39 Å². The molecule has 0 aliphatic carbocycles. The molecule has 0 spiro atoms. The SMILES string of the molecule is CCCCCCCCNc1c(Cl)cc(F)cc1Br. The molecule has 0 bridgehead atoms. The maximum Gasteiger partial charge on any atom is 0.125 e. The Morgan fingerprint density at radius 3 is 2.50 bits per heavy atom. The van der Waals surface area contributed by atoms with Gasteiger partial charge in [0.25, 0.3) is 0 Å². The van der Waals surface area contributed by atoms with E-state index in [4.69, 9.17) is 11.6 Å². The van der Waals surface area contributed by atoms with Gasteiger partial charge in [0.15, 0.2) is 0 Å². The first-order valence-electron chi connectivity index (χ1n) is 6.53. The number of halogens is 3. The standard InChI is InChI=1S/C14H20BrClFN/c1-2-3-4-5-6-7-8-18-14-12(15)9-11(17)10-13(14)16/h9-10,18H,2-8H2,1H3. The highest BCUT2D eigenvalue weighted by atomic mass is 79.9. The minimum absolute atomic E-state index is 0.322. The largest absolute Gasteiger partial charge is 0.383 e. The van der Waals surface area contributed by atoms with Crippen molar-refractivity contribution >= 4 is 33.2 Å². The van der Waals surface area contributed by atoms with Crippen LogP contribution in [0, 0.1) is 5.82 Å². The Kier molecular flexibility index (Phi) is 7.68. The van der Waals surface area contributed by atoms with Crippen LogP contribution in [0.4, 0.5) is 10.1 Å². The average molecular weight is 337 g/mol. The number of benzene rings is 1. The highest BCUT2D eigenvalue weighted by molar-refractivity contribution is 9.10. The third-order valence-electron chi connectivity index (χ3n) is 2.84. The van der Waals surface area contributed by atoms with Gasteiger partial charge in [0.1, 0.15) is 5.82 Å². The molecule has 0 radical (unpaired) electrons. The molecule has 1 aromatic carbocycles. The molecule has 0 saturated heterocycles. The van der Waals surface area contributed by atoms with Crippen molar-refractivity contribution in [3.05, 3.63) is 27.4 Å². The summed E-state index contributed by atoms with van der Waals surface area (Å²) >= 11 is 9.30. The van der Waals surface area contributed by atoms with Crippen molar-refractivity contribution in [3.8, 4) is 0 Å². The quantitative estimate of drug-likeness (QED) is 0.573. The Morgan fingerprint density at radius 2 is 1.83 bits per heavy atom. The van der Waals surface area contributed by atoms with Gasteiger partial charge >= 0.3 is 0 Å². The van der Waals surface area contributed by atoms with Gasteiger partial charge in [0.2, 0.25) is 0 Å². The van der Waals surface area contributed by atoms with Crippen LogP contribution in [0.15, 0.2) is 16.6 Å². The molecule has 0 unspecified atom stereocenters. The molecule has 1 rings (SSSR count). The normalized spacial score (nSPS) is 10.7. The average Bonchev–Trinajstić information content (AvgIpc) is 2.30. The number of rotatable bonds is 8. The number of nitrogens with one attached hydrogen (secondary N) is 1. The van der Waals surface area contributed by atoms with Crippen LogP contribution in [0.3, 0.4) is 0 Å². The topological polar surface area (TPSA) is 12.0 Å². The molecule has 1 nitrogen and oxygen atoms in total. The summed E-state index contributed by atoms with van der Waals surface area (Å²) in [6.07, 6.45) is 7.54. The summed E-state index contributed by atoms with van der Waals surface area (Å²) in [5.74, 6) is -0.322. The van der Waals surface area contributed by atoms with Crippen molar-refractivity contribution in [1.82, 2.24) is 0 Å². The van der Waals surface area contributed by atoms with Gasteiger partial charge < -0.3 is 5.32 Å². The molecular formula is C14H20BrClFN. The first kappa shape index (κ1) is 15.8. The maximum absolute atomic E-state index is 13.0. The Hall–Kier alpha value is -0.280. The molecule has 0 aliphatic rings. The van der Waals surface area contributed by atoms with Crippen LogP contribution in [0.25, 0.3) is 0 Å². The molecule has 0 amide bonds. The molecule has 102 valence electrons. The smallest absolute Gasteiger partial charge is 0.125 e. The van der Waals surface area contributed by atoms with E-state index in [2.05, 4.69) is 28.2 Å². The minimum Gasteiger partial charge on any atom is -0.383 e. The van der Waals surface area contributed by atoms with Crippen LogP contribution >= 0.6 is 27.5 Å². The van der Waals surface area contributed by atoms with Crippen LogP contribution < -0.4 is 5.32 Å². The van der Waals surface area contributed by atoms with Crippen molar-refractivity contribution in [2.45, 2.75) is 45.4 Å². The van der Waals surface area contributed by atoms with E-state index in [1.807, 2.05) is 0 Å². The molecular weight excluding hydrogens is 317 g/mol. The monoisotopic (exact) mass is 335 g/mol. The summed E-state index contributed by atoms with van der Waals surface area (Å²) in [7, 11) is 0. The molecule has 0 atom stereocenters. The lowest BCUT2D eigenvalue weighted by Gasteiger charge is -2.10. The molecule has 0 saturated carbocycles. The molecule has 1 aromatic rings. The highest BCUT2D eigenvalue weighted by Crippen LogP contribution is 2.31. The lowest BCUT2D eigenvalue weighted by Crippen LogP contribution is -2.03. The van der Waals surface area contributed by atoms with E-state index in [9.17, 15) is 4.39 Å². The summed E-state index contributed by atoms with van der Waals surface area (Å²) < 4.78 is 13.7. The molecule has 1 N–H and O–H groups in total. The van der Waals surface area contributed by atoms with Crippen molar-refractivity contribution in [1.29, 1.82) is 0 Å². The fraction of sp³-hybridized carbons (Fsp3) is 0.571. The predicted molar refractivity (Wildman–Crippen MR) is 81.0 cm³/mol. The van der Waals surface area contributed by atoms with Gasteiger partial charge in [0.05, 0.1) is 10.7 Å². The van der Waals surface area contributed by atoms with Gasteiger partial charge in [-0.2, -0.15) is 0 Å². The van der Waals surface area contributed by atoms with Gasteiger partial charge in [0, 0.05) is 11.0 Å². The van der Waals surface area contributed by atoms with Crippen molar-refractivity contribution in [2.75, 3.05) is 11.9 Å². The van der Waals surface area contributed by atoms with E-state index in [-0.39, 0.29) is 5.82 Å². The molecule has 4 heteroatoms. The van der Waals surface area contributed by atoms with E-state index in [0.717, 1.165) is 18.7 Å². The number of anilines is 1. The molecule has 0 heterocycles. The van der Waals surface area contributed by atoms with Crippen molar-refractivity contribution in [3.63, 3.8) is 0 Å². The van der Waals surface area contributed by atoms with E-state index in [1.165, 1.54) is 44.2 Å². The van der Waals surface area contributed by atoms with Crippen LogP contribution in [0.1, 0.15) is 45.4 Å². The second-order valence-electron chi connectivity index (χ2n) is 4.44. The fourth-order valence-electron chi connectivity index (χ4n) is 1.83. The van der Waals surface area contributed by atoms with E-state index >= 15 is 0 Å². The highest BCUT2D eigenvalue weighted by Gasteiger charge is 2.07. The fourth-order valence-corrected chi connectivity index (χ4v) is 2.79. The molecule has 0 aliphatic heterocycles. The maximum atomic E-state index is 13.0. The van der Waals surface area contributed by atoms with Crippen LogP contribution in [0.2, 0.25) is 5.02 Å². The van der Waals surface area contributed by atoms with Crippen molar-refractivity contribution in [2.24, 2.45) is 0 Å². The zero-order chi connectivity index (χ0) is 13.4. The minimum atomic E-state index is -0.322. The summed E-state index contributed by atoms with van der Waals surface area (Å²) in [4.78, 5) is 0. The third-order valence-corrected chi connectivity index (χ3v) is 3.76. The number of unbranched alkanes of at least 4 members (excludes halogenated alkanes) is 5. The van der Waals surface area contributed by atoms with E-state index in [0.29, 0.717) is 9.50 Å². The van der Waals surface area contributed by atoms with Crippen LogP contribution in [0.5, 0.6) is 0 Å². The lowest BCUT2D eigenvalue weighted by molar-refractivity contribution is 0.616. The second-order valence-corrected chi connectivity index (χ2v) is 5.70. The van der Waals surface area contributed by atoms with Gasteiger partial charge in [-0.15, -0.1) is 0 Å². The van der Waals surface area contributed by atoms with E-state index in [1.54, 1.807) is 0 Å². The number of hydrogen-bond donors (Lipinski definition) is 1. The van der Waals surface area contributed by atoms with Crippen LogP contribution in [-0.2, 0) is 0 Å². The summed E-state index contributed by atoms with van der Waals surface area (Å²) in [6.45, 7) is 3.09. The molecule has 0 fully saturated rings. The first-order chi connectivity index (χ1) is 8.65. The molecule has 0 aromatic heterocycles. The Morgan fingerprint density at radius 1 is 1.17 bits per heavy atom.